The lowest BCUT2D eigenvalue weighted by Crippen LogP contribution is -2.54. The number of nitrogens with one attached hydrogen (secondary N) is 1. The number of ether oxygens (including phenoxy) is 1. The molecule has 0 bridgehead atoms. The first-order valence-corrected chi connectivity index (χ1v) is 9.98. The maximum atomic E-state index is 12.6. The molecule has 2 heterocycles. The lowest BCUT2D eigenvalue weighted by atomic mass is 9.85. The predicted molar refractivity (Wildman–Crippen MR) is 106 cm³/mol. The van der Waals surface area contributed by atoms with Gasteiger partial charge >= 0.3 is 5.97 Å². The summed E-state index contributed by atoms with van der Waals surface area (Å²) in [5, 5.41) is 12.0. The number of pyridine rings is 1. The third kappa shape index (κ3) is 4.99. The minimum atomic E-state index is -0.818. The molecule has 1 aromatic rings. The first-order chi connectivity index (χ1) is 13.4. The number of hydrogen-bond acceptors (Lipinski definition) is 6. The quantitative estimate of drug-likeness (QED) is 0.726. The highest BCUT2D eigenvalue weighted by atomic mass is 16.5. The van der Waals surface area contributed by atoms with Crippen LogP contribution in [0.25, 0.3) is 0 Å². The Hall–Kier alpha value is -2.19. The maximum absolute atomic E-state index is 12.6. The fraction of sp³-hybridized carbons (Fsp3) is 0.650. The van der Waals surface area contributed by atoms with Crippen molar-refractivity contribution in [2.24, 2.45) is 0 Å². The van der Waals surface area contributed by atoms with Gasteiger partial charge in [0.15, 0.2) is 0 Å². The molecule has 2 aliphatic rings. The Morgan fingerprint density at radius 3 is 2.61 bits per heavy atom. The van der Waals surface area contributed by atoms with Gasteiger partial charge in [0.25, 0.3) is 5.91 Å². The van der Waals surface area contributed by atoms with Crippen molar-refractivity contribution in [3.8, 4) is 0 Å². The average molecular weight is 390 g/mol. The molecule has 1 aromatic heterocycles. The lowest BCUT2D eigenvalue weighted by molar-refractivity contribution is -0.139. The van der Waals surface area contributed by atoms with Crippen molar-refractivity contribution >= 4 is 17.6 Å². The fourth-order valence-electron chi connectivity index (χ4n) is 4.06. The van der Waals surface area contributed by atoms with E-state index < -0.39 is 5.97 Å². The Labute approximate surface area is 165 Å². The molecule has 0 aromatic carbocycles. The second kappa shape index (κ2) is 8.87. The summed E-state index contributed by atoms with van der Waals surface area (Å²) in [5.74, 6) is -0.997. The van der Waals surface area contributed by atoms with Crippen molar-refractivity contribution in [2.75, 3.05) is 31.1 Å². The molecule has 2 unspecified atom stereocenters. The van der Waals surface area contributed by atoms with E-state index in [4.69, 9.17) is 9.84 Å². The average Bonchev–Trinajstić information content (AvgIpc) is 2.61. The number of rotatable bonds is 7. The Morgan fingerprint density at radius 1 is 1.32 bits per heavy atom. The molecule has 2 fully saturated rings. The molecule has 0 radical (unpaired) electrons. The molecular weight excluding hydrogens is 360 g/mol. The van der Waals surface area contributed by atoms with Crippen molar-refractivity contribution in [3.63, 3.8) is 0 Å². The fourth-order valence-corrected chi connectivity index (χ4v) is 4.06. The highest BCUT2D eigenvalue weighted by Crippen LogP contribution is 2.26. The molecule has 1 saturated carbocycles. The monoisotopic (exact) mass is 390 g/mol. The summed E-state index contributed by atoms with van der Waals surface area (Å²) >= 11 is 0. The topological polar surface area (TPSA) is 95.0 Å². The second-order valence-electron chi connectivity index (χ2n) is 7.81. The molecule has 1 saturated heterocycles. The van der Waals surface area contributed by atoms with E-state index in [2.05, 4.69) is 29.0 Å². The van der Waals surface area contributed by atoms with Crippen LogP contribution < -0.4 is 10.2 Å². The Morgan fingerprint density at radius 2 is 2.00 bits per heavy atom. The third-order valence-corrected chi connectivity index (χ3v) is 5.47. The standard InChI is InChI=1S/C20H30N4O4/c1-4-23(12-19(25)26)17-7-15(8-17)22-20(27)18-9-16(5-6-21-18)24-10-13(2)28-14(3)11-24/h5-6,9,13-15,17H,4,7-8,10-12H2,1-3H3,(H,22,27)(H,25,26). The van der Waals surface area contributed by atoms with E-state index in [1.165, 1.54) is 0 Å². The number of nitrogens with zero attached hydrogens (tertiary/aromatic N) is 3. The maximum Gasteiger partial charge on any atom is 0.317 e. The number of amides is 1. The number of carbonyl (C=O) groups is 2. The van der Waals surface area contributed by atoms with Crippen molar-refractivity contribution in [3.05, 3.63) is 24.0 Å². The van der Waals surface area contributed by atoms with Gasteiger partial charge in [0.1, 0.15) is 5.69 Å². The number of aromatic nitrogens is 1. The Bertz CT molecular complexity index is 697. The Kier molecular flexibility index (Phi) is 6.51. The molecule has 8 heteroatoms. The molecule has 154 valence electrons. The van der Waals surface area contributed by atoms with Crippen molar-refractivity contribution in [2.45, 2.75) is 57.9 Å². The highest BCUT2D eigenvalue weighted by molar-refractivity contribution is 5.93. The van der Waals surface area contributed by atoms with E-state index in [1.807, 2.05) is 24.0 Å². The number of carboxylic acids is 1. The summed E-state index contributed by atoms with van der Waals surface area (Å²) in [6.07, 6.45) is 3.50. The number of carbonyl (C=O) groups excluding carboxylic acids is 1. The number of hydrogen-bond donors (Lipinski definition) is 2. The summed E-state index contributed by atoms with van der Waals surface area (Å²) in [5.41, 5.74) is 1.39. The summed E-state index contributed by atoms with van der Waals surface area (Å²) < 4.78 is 5.78. The molecule has 2 N–H and O–H groups in total. The van der Waals surface area contributed by atoms with E-state index in [0.29, 0.717) is 12.2 Å². The molecule has 1 aliphatic heterocycles. The molecule has 0 spiro atoms. The number of morpholine rings is 1. The zero-order chi connectivity index (χ0) is 20.3. The summed E-state index contributed by atoms with van der Waals surface area (Å²) in [7, 11) is 0. The van der Waals surface area contributed by atoms with Crippen LogP contribution in [0.4, 0.5) is 5.69 Å². The minimum Gasteiger partial charge on any atom is -0.480 e. The zero-order valence-electron chi connectivity index (χ0n) is 16.8. The van der Waals surface area contributed by atoms with Crippen LogP contribution in [0.1, 0.15) is 44.1 Å². The number of likely N-dealkylation sites (N-methyl/N-ethyl adjacent to an activating group) is 1. The Balaban J connectivity index is 1.55. The van der Waals surface area contributed by atoms with Gasteiger partial charge in [0.05, 0.1) is 18.8 Å². The molecular formula is C20H30N4O4. The first kappa shape index (κ1) is 20.5. The molecule has 3 rings (SSSR count). The van der Waals surface area contributed by atoms with Crippen LogP contribution in [-0.2, 0) is 9.53 Å². The van der Waals surface area contributed by atoms with Gasteiger partial charge in [-0.25, -0.2) is 0 Å². The van der Waals surface area contributed by atoms with Crippen LogP contribution >= 0.6 is 0 Å². The van der Waals surface area contributed by atoms with Crippen molar-refractivity contribution < 1.29 is 19.4 Å². The van der Waals surface area contributed by atoms with Gasteiger partial charge in [0, 0.05) is 37.1 Å². The lowest BCUT2D eigenvalue weighted by Gasteiger charge is -2.42. The SMILES string of the molecule is CCN(CC(=O)O)C1CC(NC(=O)c2cc(N3CC(C)OC(C)C3)ccn2)C1. The summed E-state index contributed by atoms with van der Waals surface area (Å²) in [6.45, 7) is 8.37. The normalized spacial score (nSPS) is 27.4. The summed E-state index contributed by atoms with van der Waals surface area (Å²) in [4.78, 5) is 31.9. The van der Waals surface area contributed by atoms with Crippen LogP contribution in [0.15, 0.2) is 18.3 Å². The number of anilines is 1. The van der Waals surface area contributed by atoms with Crippen LogP contribution in [0.3, 0.4) is 0 Å². The van der Waals surface area contributed by atoms with Gasteiger partial charge in [-0.15, -0.1) is 0 Å². The van der Waals surface area contributed by atoms with E-state index >= 15 is 0 Å². The molecule has 1 amide bonds. The van der Waals surface area contributed by atoms with E-state index in [1.54, 1.807) is 6.20 Å². The van der Waals surface area contributed by atoms with Crippen LogP contribution in [0.2, 0.25) is 0 Å². The van der Waals surface area contributed by atoms with Crippen molar-refractivity contribution in [1.82, 2.24) is 15.2 Å². The van der Waals surface area contributed by atoms with Crippen LogP contribution in [-0.4, -0.2) is 77.3 Å². The number of aliphatic carboxylic acids is 1. The van der Waals surface area contributed by atoms with Crippen molar-refractivity contribution in [1.29, 1.82) is 0 Å². The predicted octanol–water partition coefficient (Wildman–Crippen LogP) is 1.36. The molecule has 2 atom stereocenters. The van der Waals surface area contributed by atoms with E-state index in [9.17, 15) is 9.59 Å². The van der Waals surface area contributed by atoms with Gasteiger partial charge in [0.2, 0.25) is 0 Å². The summed E-state index contributed by atoms with van der Waals surface area (Å²) in [6, 6.07) is 4.03. The van der Waals surface area contributed by atoms with E-state index in [0.717, 1.165) is 31.6 Å². The highest BCUT2D eigenvalue weighted by Gasteiger charge is 2.35. The minimum absolute atomic E-state index is 0.0435. The molecule has 28 heavy (non-hydrogen) atoms. The second-order valence-corrected chi connectivity index (χ2v) is 7.81. The van der Waals surface area contributed by atoms with E-state index in [-0.39, 0.29) is 36.7 Å². The van der Waals surface area contributed by atoms with Gasteiger partial charge in [-0.1, -0.05) is 6.92 Å². The van der Waals surface area contributed by atoms with Gasteiger partial charge in [-0.05, 0) is 45.4 Å². The largest absolute Gasteiger partial charge is 0.480 e. The number of carboxylic acid groups (broad SMARTS) is 1. The molecule has 8 nitrogen and oxygen atoms in total. The van der Waals surface area contributed by atoms with Gasteiger partial charge in [-0.2, -0.15) is 0 Å². The third-order valence-electron chi connectivity index (χ3n) is 5.47. The first-order valence-electron chi connectivity index (χ1n) is 9.98. The van der Waals surface area contributed by atoms with Gasteiger partial charge < -0.3 is 20.1 Å². The van der Waals surface area contributed by atoms with Crippen LogP contribution in [0.5, 0.6) is 0 Å². The smallest absolute Gasteiger partial charge is 0.317 e. The zero-order valence-corrected chi connectivity index (χ0v) is 16.8. The van der Waals surface area contributed by atoms with Crippen LogP contribution in [0, 0.1) is 0 Å². The van der Waals surface area contributed by atoms with Gasteiger partial charge in [-0.3, -0.25) is 19.5 Å². The molecule has 1 aliphatic carbocycles.